The Balaban J connectivity index is 1.03. The van der Waals surface area contributed by atoms with Crippen molar-refractivity contribution < 1.29 is 19.2 Å². The molecule has 4 amide bonds. The van der Waals surface area contributed by atoms with Crippen molar-refractivity contribution in [1.29, 1.82) is 0 Å². The molecule has 0 radical (unpaired) electrons. The molecule has 2 atom stereocenters. The van der Waals surface area contributed by atoms with Gasteiger partial charge in [-0.25, -0.2) is 0 Å². The van der Waals surface area contributed by atoms with Crippen LogP contribution in [0.3, 0.4) is 0 Å². The van der Waals surface area contributed by atoms with Crippen molar-refractivity contribution in [3.05, 3.63) is 90.3 Å². The summed E-state index contributed by atoms with van der Waals surface area (Å²) in [4.78, 5) is 73.6. The number of nitrogens with zero attached hydrogens (tertiary/aromatic N) is 2. The fourth-order valence-corrected chi connectivity index (χ4v) is 23.8. The minimum atomic E-state index is -0.293. The van der Waals surface area contributed by atoms with Crippen LogP contribution in [-0.2, 0) is 12.8 Å². The van der Waals surface area contributed by atoms with Gasteiger partial charge < -0.3 is 0 Å². The Hall–Kier alpha value is -3.78. The van der Waals surface area contributed by atoms with E-state index < -0.39 is 0 Å². The van der Waals surface area contributed by atoms with Crippen LogP contribution in [0.15, 0.2) is 48.5 Å². The third kappa shape index (κ3) is 15.6. The Morgan fingerprint density at radius 2 is 0.787 bits per heavy atom. The standard InChI is InChI=1S/C76H98N2O4S6Se/c1-9-15-19-21-23-25-27-29-31-33-43-77-73(79)62-50(8)84-71(65(62)74(77)80)60-41-42-61(89-60)72-67-66(75(81)78(76(67)82)44-34-32-30-28-26-24-22-20-16-10-2)70(88-72)59-48-56-64(58-40-38-54(86-58)47-52(14-6)36-18-12-4)68-55(45-49(7)83-68)63(69(56)87-59)57-39-37-53(85-57)46-51(13-5)35-17-11-3/h37-42,45,48,51-52H,9-36,43-44,46-47H2,1-8H3. The number of hydrogen-bond donors (Lipinski definition) is 0. The van der Waals surface area contributed by atoms with Crippen LogP contribution in [0, 0.1) is 25.7 Å². The van der Waals surface area contributed by atoms with E-state index in [0.717, 1.165) is 84.6 Å². The molecule has 0 N–H and O–H groups in total. The number of thiophene rings is 6. The molecule has 9 heterocycles. The summed E-state index contributed by atoms with van der Waals surface area (Å²) >= 11 is 10.5. The summed E-state index contributed by atoms with van der Waals surface area (Å²) in [6.45, 7) is 18.9. The number of unbranched alkanes of at least 4 members (excludes halogenated alkanes) is 20. The summed E-state index contributed by atoms with van der Waals surface area (Å²) in [5.74, 6) is 0.668. The van der Waals surface area contributed by atoms with Crippen LogP contribution in [0.4, 0.5) is 0 Å². The molecule has 0 aliphatic carbocycles. The monoisotopic (exact) mass is 1370 g/mol. The molecule has 2 aliphatic rings. The summed E-state index contributed by atoms with van der Waals surface area (Å²) in [6, 6.07) is 18.7. The van der Waals surface area contributed by atoms with Gasteiger partial charge in [0.25, 0.3) is 0 Å². The van der Waals surface area contributed by atoms with Crippen LogP contribution in [-0.4, -0.2) is 61.0 Å². The molecule has 0 fully saturated rings. The molecule has 0 saturated carbocycles. The third-order valence-corrected chi connectivity index (χ3v) is 29.0. The quantitative estimate of drug-likeness (QED) is 0.0219. The molecule has 13 heteroatoms. The topological polar surface area (TPSA) is 74.8 Å². The van der Waals surface area contributed by atoms with Crippen molar-refractivity contribution in [1.82, 2.24) is 9.80 Å². The average Bonchev–Trinajstić information content (AvgIpc) is 1.58. The Morgan fingerprint density at radius 1 is 0.382 bits per heavy atom. The molecule has 6 nitrogen and oxygen atoms in total. The third-order valence-electron chi connectivity index (χ3n) is 19.0. The number of aryl methyl sites for hydroxylation is 2. The maximum absolute atomic E-state index is 15.4. The molecule has 1 aromatic carbocycles. The van der Waals surface area contributed by atoms with E-state index >= 15 is 9.59 Å². The van der Waals surface area contributed by atoms with E-state index in [1.807, 2.05) is 52.3 Å². The van der Waals surface area contributed by atoms with E-state index in [9.17, 15) is 9.59 Å². The zero-order chi connectivity index (χ0) is 62.6. The first-order valence-electron chi connectivity index (χ1n) is 34.7. The number of rotatable bonds is 39. The van der Waals surface area contributed by atoms with Crippen molar-refractivity contribution in [3.8, 4) is 49.3 Å². The first kappa shape index (κ1) is 68.1. The number of fused-ring (bicyclic) bond motifs is 4. The fraction of sp³-hybridized carbons (Fsp3) is 0.553. The van der Waals surface area contributed by atoms with Crippen molar-refractivity contribution in [2.75, 3.05) is 13.1 Å². The van der Waals surface area contributed by atoms with Crippen molar-refractivity contribution in [2.45, 2.75) is 248 Å². The summed E-state index contributed by atoms with van der Waals surface area (Å²) in [6.07, 6.45) is 35.8. The number of carbonyl (C=O) groups excluding carboxylic acids is 4. The van der Waals surface area contributed by atoms with Gasteiger partial charge in [-0.05, 0) is 11.8 Å². The van der Waals surface area contributed by atoms with E-state index in [4.69, 9.17) is 0 Å². The van der Waals surface area contributed by atoms with E-state index in [2.05, 4.69) is 97.0 Å². The minimum absolute atomic E-state index is 0.156. The van der Waals surface area contributed by atoms with E-state index in [-0.39, 0.29) is 38.1 Å². The number of benzene rings is 1. The second kappa shape index (κ2) is 32.9. The maximum atomic E-state index is 15.4. The van der Waals surface area contributed by atoms with Gasteiger partial charge in [0.1, 0.15) is 0 Å². The predicted octanol–water partition coefficient (Wildman–Crippen LogP) is 24.9. The van der Waals surface area contributed by atoms with E-state index in [1.165, 1.54) is 202 Å². The zero-order valence-electron chi connectivity index (χ0n) is 54.8. The van der Waals surface area contributed by atoms with Gasteiger partial charge in [-0.15, -0.1) is 0 Å². The zero-order valence-corrected chi connectivity index (χ0v) is 61.4. The molecule has 89 heavy (non-hydrogen) atoms. The van der Waals surface area contributed by atoms with E-state index in [0.29, 0.717) is 47.2 Å². The normalized spacial score (nSPS) is 14.1. The first-order valence-corrected chi connectivity index (χ1v) is 41.3. The van der Waals surface area contributed by atoms with Crippen LogP contribution in [0.1, 0.15) is 282 Å². The van der Waals surface area contributed by atoms with Gasteiger partial charge in [-0.2, -0.15) is 0 Å². The summed E-state index contributed by atoms with van der Waals surface area (Å²) in [7, 11) is 0. The molecule has 0 saturated heterocycles. The number of amides is 4. The molecule has 8 aromatic rings. The van der Waals surface area contributed by atoms with Crippen LogP contribution >= 0.6 is 68.0 Å². The van der Waals surface area contributed by atoms with Crippen LogP contribution in [0.25, 0.3) is 69.4 Å². The fourth-order valence-electron chi connectivity index (χ4n) is 13.8. The molecule has 478 valence electrons. The summed E-state index contributed by atoms with van der Waals surface area (Å²) < 4.78 is 4.67. The Kier molecular flexibility index (Phi) is 25.1. The Bertz CT molecular complexity index is 3570. The van der Waals surface area contributed by atoms with Crippen molar-refractivity contribution in [3.63, 3.8) is 0 Å². The van der Waals surface area contributed by atoms with Crippen LogP contribution < -0.4 is 0 Å². The number of imide groups is 2. The van der Waals surface area contributed by atoms with Crippen LogP contribution in [0.2, 0.25) is 0 Å². The molecule has 7 aromatic heterocycles. The molecule has 0 bridgehead atoms. The van der Waals surface area contributed by atoms with Crippen molar-refractivity contribution in [2.24, 2.45) is 11.8 Å². The molecular weight excluding hydrogens is 1280 g/mol. The average molecular weight is 1370 g/mol. The number of carbonyl (C=O) groups is 4. The Labute approximate surface area is 563 Å². The molecule has 10 rings (SSSR count). The van der Waals surface area contributed by atoms with Crippen molar-refractivity contribution >= 4 is 126 Å². The van der Waals surface area contributed by atoms with Gasteiger partial charge in [0.2, 0.25) is 0 Å². The first-order chi connectivity index (χ1) is 43.4. The van der Waals surface area contributed by atoms with Gasteiger partial charge in [0, 0.05) is 0 Å². The van der Waals surface area contributed by atoms with Gasteiger partial charge in [0.15, 0.2) is 0 Å². The SMILES string of the molecule is CCCCCCCCCCCCN1C(=O)c2c(C)sc(-c3ccc(-c4sc(-c5cc6c(-c7ccc(CC(CC)CCCC)s7)c7sc(C)cc7c(-c7ccc(CC(CC)CCCC)s7)c6s5)c5c4C(=O)N(CCCCCCCCCCCC)C5=O)[se]3)c2C1=O. The number of hydrogen-bond acceptors (Lipinski definition) is 10. The van der Waals surface area contributed by atoms with Gasteiger partial charge >= 0.3 is 412 Å². The summed E-state index contributed by atoms with van der Waals surface area (Å²) in [5.41, 5.74) is 4.83. The van der Waals surface area contributed by atoms with Gasteiger partial charge in [-0.1, -0.05) is 144 Å². The summed E-state index contributed by atoms with van der Waals surface area (Å²) in [5, 5.41) is 2.53. The predicted molar refractivity (Wildman–Crippen MR) is 391 cm³/mol. The molecule has 2 unspecified atom stereocenters. The van der Waals surface area contributed by atoms with Gasteiger partial charge in [0.05, 0.1) is 0 Å². The molecular formula is C76H98N2O4S6Se. The van der Waals surface area contributed by atoms with Gasteiger partial charge in [-0.3, -0.25) is 0 Å². The van der Waals surface area contributed by atoms with Crippen LogP contribution in [0.5, 0.6) is 0 Å². The van der Waals surface area contributed by atoms with E-state index in [1.54, 1.807) is 27.6 Å². The second-order valence-electron chi connectivity index (χ2n) is 25.8. The Morgan fingerprint density at radius 3 is 1.26 bits per heavy atom. The second-order valence-corrected chi connectivity index (χ2v) is 34.9. The molecule has 0 spiro atoms. The molecule has 2 aliphatic heterocycles.